The molecular formula is C26H25N3O3S2. The van der Waals surface area contributed by atoms with Crippen molar-refractivity contribution in [3.8, 4) is 0 Å². The highest BCUT2D eigenvalue weighted by Gasteiger charge is 2.11. The van der Waals surface area contributed by atoms with Gasteiger partial charge in [-0.2, -0.15) is 0 Å². The number of hydrogen-bond acceptors (Lipinski definition) is 6. The van der Waals surface area contributed by atoms with Gasteiger partial charge in [-0.3, -0.25) is 9.59 Å². The van der Waals surface area contributed by atoms with Crippen LogP contribution in [0.4, 0.5) is 5.13 Å². The lowest BCUT2D eigenvalue weighted by Crippen LogP contribution is -2.25. The molecule has 0 aliphatic carbocycles. The highest BCUT2D eigenvalue weighted by molar-refractivity contribution is 7.14. The second kappa shape index (κ2) is 12.2. The Morgan fingerprint density at radius 1 is 0.824 bits per heavy atom. The summed E-state index contributed by atoms with van der Waals surface area (Å²) in [5.41, 5.74) is 3.82. The van der Waals surface area contributed by atoms with E-state index in [9.17, 15) is 9.59 Å². The molecule has 8 heteroatoms. The molecule has 6 nitrogen and oxygen atoms in total. The Labute approximate surface area is 206 Å². The summed E-state index contributed by atoms with van der Waals surface area (Å²) < 4.78 is 5.86. The van der Waals surface area contributed by atoms with E-state index >= 15 is 0 Å². The maximum atomic E-state index is 12.5. The van der Waals surface area contributed by atoms with Crippen LogP contribution in [0, 0.1) is 0 Å². The van der Waals surface area contributed by atoms with E-state index in [1.807, 2.05) is 72.1 Å². The van der Waals surface area contributed by atoms with E-state index < -0.39 is 0 Å². The molecule has 0 aliphatic heterocycles. The minimum atomic E-state index is -0.123. The molecular weight excluding hydrogens is 466 g/mol. The maximum absolute atomic E-state index is 12.5. The fourth-order valence-corrected chi connectivity index (χ4v) is 4.76. The molecule has 174 valence electrons. The third kappa shape index (κ3) is 7.34. The Morgan fingerprint density at radius 3 is 2.41 bits per heavy atom. The molecule has 2 N–H and O–H groups in total. The minimum Gasteiger partial charge on any atom is -0.372 e. The Balaban J connectivity index is 1.23. The van der Waals surface area contributed by atoms with Gasteiger partial charge in [0.15, 0.2) is 5.13 Å². The average molecular weight is 492 g/mol. The summed E-state index contributed by atoms with van der Waals surface area (Å²) in [6.45, 7) is 1.43. The van der Waals surface area contributed by atoms with Gasteiger partial charge in [-0.05, 0) is 28.1 Å². The lowest BCUT2D eigenvalue weighted by atomic mass is 10.1. The predicted molar refractivity (Wildman–Crippen MR) is 136 cm³/mol. The Morgan fingerprint density at radius 2 is 1.62 bits per heavy atom. The number of thiazole rings is 1. The zero-order valence-corrected chi connectivity index (χ0v) is 20.2. The Hall–Kier alpha value is -3.33. The second-order valence-electron chi connectivity index (χ2n) is 7.65. The Kier molecular flexibility index (Phi) is 8.56. The smallest absolute Gasteiger partial charge is 0.231 e. The molecule has 0 saturated heterocycles. The van der Waals surface area contributed by atoms with E-state index in [4.69, 9.17) is 4.74 Å². The van der Waals surface area contributed by atoms with Crippen LogP contribution < -0.4 is 10.6 Å². The van der Waals surface area contributed by atoms with E-state index in [-0.39, 0.29) is 18.2 Å². The number of benzene rings is 2. The van der Waals surface area contributed by atoms with Gasteiger partial charge in [0.2, 0.25) is 11.8 Å². The first-order chi connectivity index (χ1) is 16.7. The van der Waals surface area contributed by atoms with Crippen molar-refractivity contribution in [2.45, 2.75) is 32.6 Å². The van der Waals surface area contributed by atoms with Crippen LogP contribution in [0.5, 0.6) is 0 Å². The van der Waals surface area contributed by atoms with Crippen LogP contribution in [-0.2, 0) is 46.9 Å². The summed E-state index contributed by atoms with van der Waals surface area (Å²) in [6, 6.07) is 21.8. The van der Waals surface area contributed by atoms with Gasteiger partial charge in [0, 0.05) is 16.8 Å². The molecule has 0 bridgehead atoms. The van der Waals surface area contributed by atoms with Crippen LogP contribution in [-0.4, -0.2) is 16.8 Å². The molecule has 0 unspecified atom stereocenters. The van der Waals surface area contributed by atoms with Crippen LogP contribution in [0.1, 0.15) is 27.3 Å². The molecule has 2 aromatic heterocycles. The summed E-state index contributed by atoms with van der Waals surface area (Å²) >= 11 is 2.86. The fourth-order valence-electron chi connectivity index (χ4n) is 3.33. The van der Waals surface area contributed by atoms with Crippen molar-refractivity contribution < 1.29 is 14.3 Å². The summed E-state index contributed by atoms with van der Waals surface area (Å²) in [7, 11) is 0. The summed E-state index contributed by atoms with van der Waals surface area (Å²) in [5.74, 6) is -0.235. The van der Waals surface area contributed by atoms with E-state index in [0.717, 1.165) is 21.6 Å². The van der Waals surface area contributed by atoms with Crippen LogP contribution in [0.2, 0.25) is 0 Å². The van der Waals surface area contributed by atoms with Gasteiger partial charge >= 0.3 is 0 Å². The first kappa shape index (κ1) is 23.8. The number of hydrogen-bond donors (Lipinski definition) is 2. The standard InChI is InChI=1S/C26H25N3O3S2/c30-24(13-22-18-34-26(28-22)29-25(31)14-23-11-6-12-33-23)27-15-20-9-4-5-10-21(20)17-32-16-19-7-2-1-3-8-19/h1-12,18H,13-17H2,(H,27,30)(H,28,29,31). The number of thiophene rings is 1. The zero-order valence-electron chi connectivity index (χ0n) is 18.5. The second-order valence-corrected chi connectivity index (χ2v) is 9.54. The number of nitrogens with zero attached hydrogens (tertiary/aromatic N) is 1. The van der Waals surface area contributed by atoms with Gasteiger partial charge in [-0.25, -0.2) is 4.98 Å². The maximum Gasteiger partial charge on any atom is 0.231 e. The summed E-state index contributed by atoms with van der Waals surface area (Å²) in [5, 5.41) is 10.0. The van der Waals surface area contributed by atoms with Gasteiger partial charge in [0.25, 0.3) is 0 Å². The normalized spacial score (nSPS) is 10.7. The molecule has 2 aromatic carbocycles. The molecule has 2 amide bonds. The van der Waals surface area contributed by atoms with Gasteiger partial charge in [0.05, 0.1) is 31.7 Å². The van der Waals surface area contributed by atoms with E-state index in [1.165, 1.54) is 11.3 Å². The van der Waals surface area contributed by atoms with Crippen LogP contribution in [0.15, 0.2) is 77.5 Å². The molecule has 34 heavy (non-hydrogen) atoms. The van der Waals surface area contributed by atoms with Gasteiger partial charge < -0.3 is 15.4 Å². The first-order valence-electron chi connectivity index (χ1n) is 10.9. The number of ether oxygens (including phenoxy) is 1. The lowest BCUT2D eigenvalue weighted by Gasteiger charge is -2.11. The predicted octanol–water partition coefficient (Wildman–Crippen LogP) is 4.96. The largest absolute Gasteiger partial charge is 0.372 e. The first-order valence-corrected chi connectivity index (χ1v) is 12.6. The number of amides is 2. The third-order valence-corrected chi connectivity index (χ3v) is 6.70. The van der Waals surface area contributed by atoms with Crippen LogP contribution in [0.3, 0.4) is 0 Å². The number of nitrogens with one attached hydrogen (secondary N) is 2. The fraction of sp³-hybridized carbons (Fsp3) is 0.192. The highest BCUT2D eigenvalue weighted by Crippen LogP contribution is 2.17. The van der Waals surface area contributed by atoms with Crippen molar-refractivity contribution in [2.24, 2.45) is 0 Å². The SMILES string of the molecule is O=C(Cc1csc(NC(=O)Cc2cccs2)n1)NCc1ccccc1COCc1ccccc1. The van der Waals surface area contributed by atoms with Gasteiger partial charge in [0.1, 0.15) is 0 Å². The van der Waals surface area contributed by atoms with Crippen molar-refractivity contribution in [1.29, 1.82) is 0 Å². The minimum absolute atomic E-state index is 0.112. The zero-order chi connectivity index (χ0) is 23.6. The number of carbonyl (C=O) groups excluding carboxylic acids is 2. The molecule has 0 fully saturated rings. The van der Waals surface area contributed by atoms with Crippen LogP contribution in [0.25, 0.3) is 0 Å². The number of carbonyl (C=O) groups is 2. The molecule has 4 aromatic rings. The monoisotopic (exact) mass is 491 g/mol. The van der Waals surface area contributed by atoms with Crippen molar-refractivity contribution in [2.75, 3.05) is 5.32 Å². The number of aromatic nitrogens is 1. The molecule has 0 atom stereocenters. The van der Waals surface area contributed by atoms with Crippen molar-refractivity contribution in [3.05, 3.63) is 105 Å². The van der Waals surface area contributed by atoms with E-state index in [0.29, 0.717) is 37.0 Å². The molecule has 4 rings (SSSR count). The molecule has 0 aliphatic rings. The van der Waals surface area contributed by atoms with Gasteiger partial charge in [-0.1, -0.05) is 60.7 Å². The van der Waals surface area contributed by atoms with Crippen molar-refractivity contribution in [1.82, 2.24) is 10.3 Å². The number of rotatable bonds is 11. The van der Waals surface area contributed by atoms with E-state index in [2.05, 4.69) is 15.6 Å². The summed E-state index contributed by atoms with van der Waals surface area (Å²) in [4.78, 5) is 30.0. The molecule has 2 heterocycles. The molecule has 0 radical (unpaired) electrons. The van der Waals surface area contributed by atoms with Crippen LogP contribution >= 0.6 is 22.7 Å². The third-order valence-electron chi connectivity index (χ3n) is 5.02. The van der Waals surface area contributed by atoms with Crippen molar-refractivity contribution >= 4 is 39.6 Å². The van der Waals surface area contributed by atoms with Gasteiger partial charge in [-0.15, -0.1) is 22.7 Å². The lowest BCUT2D eigenvalue weighted by molar-refractivity contribution is -0.120. The average Bonchev–Trinajstić information content (AvgIpc) is 3.51. The summed E-state index contributed by atoms with van der Waals surface area (Å²) in [6.07, 6.45) is 0.478. The van der Waals surface area contributed by atoms with Crippen molar-refractivity contribution in [3.63, 3.8) is 0 Å². The highest BCUT2D eigenvalue weighted by atomic mass is 32.1. The molecule has 0 saturated carbocycles. The molecule has 0 spiro atoms. The number of anilines is 1. The quantitative estimate of drug-likeness (QED) is 0.311. The topological polar surface area (TPSA) is 80.3 Å². The van der Waals surface area contributed by atoms with E-state index in [1.54, 1.807) is 16.7 Å². The Bertz CT molecular complexity index is 1210.